The molecule has 0 radical (unpaired) electrons. The number of carbonyl (C=O) groups is 1. The van der Waals surface area contributed by atoms with Gasteiger partial charge in [0.2, 0.25) is 5.91 Å². The summed E-state index contributed by atoms with van der Waals surface area (Å²) in [5.74, 6) is 0.0909. The fourth-order valence-electron chi connectivity index (χ4n) is 5.51. The summed E-state index contributed by atoms with van der Waals surface area (Å²) in [4.78, 5) is 13.4. The third-order valence-electron chi connectivity index (χ3n) is 7.55. The van der Waals surface area contributed by atoms with Crippen molar-refractivity contribution in [3.8, 4) is 6.07 Å². The summed E-state index contributed by atoms with van der Waals surface area (Å²) in [5, 5.41) is 45.8. The molecule has 1 aromatic carbocycles. The van der Waals surface area contributed by atoms with Gasteiger partial charge >= 0.3 is 0 Å². The van der Waals surface area contributed by atoms with Gasteiger partial charge in [-0.25, -0.2) is 0 Å². The Kier molecular flexibility index (Phi) is 9.18. The Hall–Kier alpha value is -1.42. The number of ether oxygens (including phenoxy) is 2. The van der Waals surface area contributed by atoms with E-state index in [0.29, 0.717) is 18.7 Å². The number of aliphatic hydroxyl groups is 3. The maximum Gasteiger partial charge on any atom is 0.240 e. The molecule has 11 heteroatoms. The first-order valence-electron chi connectivity index (χ1n) is 12.3. The molecule has 3 aliphatic heterocycles. The fraction of sp³-hybridized carbons (Fsp3) is 0.680. The number of benzene rings is 1. The summed E-state index contributed by atoms with van der Waals surface area (Å²) in [6.07, 6.45) is -2.00. The molecule has 3 saturated heterocycles. The number of hydrogen-bond acceptors (Lipinski definition) is 9. The number of nitriles is 1. The van der Waals surface area contributed by atoms with E-state index in [1.54, 1.807) is 13.2 Å². The van der Waals surface area contributed by atoms with Crippen molar-refractivity contribution in [1.29, 1.82) is 5.26 Å². The lowest BCUT2D eigenvalue weighted by Gasteiger charge is -2.44. The van der Waals surface area contributed by atoms with Crippen LogP contribution in [0.1, 0.15) is 36.8 Å². The van der Waals surface area contributed by atoms with Gasteiger partial charge in [0.1, 0.15) is 35.9 Å². The lowest BCUT2D eigenvalue weighted by atomic mass is 9.85. The first kappa shape index (κ1) is 27.6. The van der Waals surface area contributed by atoms with Crippen LogP contribution in [-0.4, -0.2) is 94.1 Å². The van der Waals surface area contributed by atoms with Crippen molar-refractivity contribution in [3.63, 3.8) is 0 Å². The monoisotopic (exact) mass is 539 g/mol. The van der Waals surface area contributed by atoms with Crippen LogP contribution in [0.3, 0.4) is 0 Å². The van der Waals surface area contributed by atoms with E-state index < -0.39 is 47.3 Å². The zero-order valence-corrected chi connectivity index (χ0v) is 21.9. The minimum absolute atomic E-state index is 0.130. The molecule has 0 saturated carbocycles. The van der Waals surface area contributed by atoms with E-state index in [0.717, 1.165) is 18.4 Å². The van der Waals surface area contributed by atoms with Crippen LogP contribution < -0.4 is 10.6 Å². The van der Waals surface area contributed by atoms with Gasteiger partial charge in [-0.2, -0.15) is 5.26 Å². The second kappa shape index (κ2) is 12.0. The van der Waals surface area contributed by atoms with Crippen molar-refractivity contribution in [1.82, 2.24) is 10.6 Å². The summed E-state index contributed by atoms with van der Waals surface area (Å²) < 4.78 is 12.0. The third-order valence-corrected chi connectivity index (χ3v) is 8.67. The molecular weight excluding hydrogens is 506 g/mol. The predicted molar refractivity (Wildman–Crippen MR) is 136 cm³/mol. The molecule has 9 nitrogen and oxygen atoms in total. The van der Waals surface area contributed by atoms with Crippen molar-refractivity contribution in [3.05, 3.63) is 35.4 Å². The number of nitrogens with zero attached hydrogens (tertiary/aromatic N) is 1. The Morgan fingerprint density at radius 2 is 1.97 bits per heavy atom. The van der Waals surface area contributed by atoms with E-state index in [9.17, 15) is 20.1 Å². The topological polar surface area (TPSA) is 144 Å². The maximum absolute atomic E-state index is 13.4. The first-order chi connectivity index (χ1) is 17.2. The van der Waals surface area contributed by atoms with Crippen molar-refractivity contribution in [2.24, 2.45) is 5.92 Å². The number of carbonyl (C=O) groups excluding carboxylic acids is 1. The second-order valence-electron chi connectivity index (χ2n) is 9.82. The highest BCUT2D eigenvalue weighted by Gasteiger charge is 2.49. The van der Waals surface area contributed by atoms with Gasteiger partial charge < -0.3 is 35.4 Å². The molecule has 0 aliphatic carbocycles. The van der Waals surface area contributed by atoms with Crippen LogP contribution in [0.15, 0.2) is 24.3 Å². The normalized spacial score (nSPS) is 38.3. The molecule has 4 rings (SSSR count). The van der Waals surface area contributed by atoms with Gasteiger partial charge in [-0.15, -0.1) is 23.4 Å². The van der Waals surface area contributed by atoms with Crippen LogP contribution in [0.5, 0.6) is 0 Å². The Morgan fingerprint density at radius 3 is 2.61 bits per heavy atom. The van der Waals surface area contributed by atoms with Gasteiger partial charge in [-0.05, 0) is 49.6 Å². The van der Waals surface area contributed by atoms with Crippen LogP contribution >= 0.6 is 23.4 Å². The van der Waals surface area contributed by atoms with Gasteiger partial charge in [0.05, 0.1) is 29.2 Å². The average Bonchev–Trinajstić information content (AvgIpc) is 3.16. The molecule has 5 N–H and O–H groups in total. The molecule has 0 aromatic heterocycles. The maximum atomic E-state index is 13.4. The van der Waals surface area contributed by atoms with E-state index in [1.807, 2.05) is 24.3 Å². The summed E-state index contributed by atoms with van der Waals surface area (Å²) in [5.41, 5.74) is 1.03. The third kappa shape index (κ3) is 5.69. The van der Waals surface area contributed by atoms with Crippen LogP contribution in [-0.2, 0) is 14.3 Å². The molecule has 3 heterocycles. The summed E-state index contributed by atoms with van der Waals surface area (Å²) in [6, 6.07) is 8.38. The Bertz CT molecular complexity index is 945. The number of thioether (sulfide) groups is 1. The van der Waals surface area contributed by atoms with E-state index in [1.165, 1.54) is 11.8 Å². The van der Waals surface area contributed by atoms with Gasteiger partial charge in [-0.3, -0.25) is 4.79 Å². The van der Waals surface area contributed by atoms with Gasteiger partial charge in [0, 0.05) is 19.1 Å². The van der Waals surface area contributed by atoms with Crippen molar-refractivity contribution in [2.75, 3.05) is 19.4 Å². The van der Waals surface area contributed by atoms with E-state index in [-0.39, 0.29) is 23.8 Å². The van der Waals surface area contributed by atoms with Crippen LogP contribution in [0, 0.1) is 17.2 Å². The Morgan fingerprint density at radius 1 is 1.25 bits per heavy atom. The number of amides is 1. The van der Waals surface area contributed by atoms with E-state index in [4.69, 9.17) is 26.3 Å². The summed E-state index contributed by atoms with van der Waals surface area (Å²) >= 11 is 7.62. The highest BCUT2D eigenvalue weighted by Crippen LogP contribution is 2.36. The van der Waals surface area contributed by atoms with Crippen molar-refractivity contribution < 1.29 is 29.6 Å². The van der Waals surface area contributed by atoms with Crippen LogP contribution in [0.4, 0.5) is 0 Å². The van der Waals surface area contributed by atoms with Gasteiger partial charge in [0.25, 0.3) is 0 Å². The van der Waals surface area contributed by atoms with Gasteiger partial charge in [-0.1, -0.05) is 12.1 Å². The number of nitrogens with one attached hydrogen (secondary N) is 2. The highest BCUT2D eigenvalue weighted by atomic mass is 35.5. The van der Waals surface area contributed by atoms with Crippen LogP contribution in [0.2, 0.25) is 0 Å². The summed E-state index contributed by atoms with van der Waals surface area (Å²) in [7, 11) is 0. The van der Waals surface area contributed by atoms with Crippen molar-refractivity contribution >= 4 is 29.3 Å². The number of hydrogen-bond donors (Lipinski definition) is 5. The average molecular weight is 540 g/mol. The number of aliphatic hydroxyl groups excluding tert-OH is 3. The van der Waals surface area contributed by atoms with E-state index in [2.05, 4.69) is 16.7 Å². The number of fused-ring (bicyclic) bond motifs is 1. The van der Waals surface area contributed by atoms with Gasteiger partial charge in [0.15, 0.2) is 0 Å². The molecule has 0 spiro atoms. The minimum Gasteiger partial charge on any atom is -0.388 e. The smallest absolute Gasteiger partial charge is 0.240 e. The minimum atomic E-state index is -1.42. The molecule has 3 fully saturated rings. The molecule has 1 aromatic rings. The number of alkyl halides is 1. The molecule has 11 atom stereocenters. The predicted octanol–water partition coefficient (Wildman–Crippen LogP) is 0.692. The zero-order valence-electron chi connectivity index (χ0n) is 20.3. The standard InChI is InChI=1S/C25H34ClN3O6S/c1-12(26)17(23-20(31)19(30)21(32)25(35-23)36-2)29-24(33)18-22-16(11-28-18)9-15(7-8-34-22)14-5-3-13(10-27)4-6-14/h3-6,12,15-23,25,28,30-32H,7-9,11H2,1-2H3,(H,29,33)/t12?,15-,16+,17?,18+,19?,20?,21-,22-,23-,25?/m1/s1. The molecule has 1 amide bonds. The van der Waals surface area contributed by atoms with Crippen molar-refractivity contribution in [2.45, 2.75) is 79.1 Å². The number of rotatable bonds is 6. The highest BCUT2D eigenvalue weighted by molar-refractivity contribution is 7.99. The molecule has 0 bridgehead atoms. The SMILES string of the molecule is CSC1O[C@H](C(NC(=O)[C@H]2NC[C@@H]3C[C@H](c4ccc(C#N)cc4)CCO[C@H]32)C(C)Cl)C(O)C(O)[C@H]1O. The molecule has 36 heavy (non-hydrogen) atoms. The molecule has 5 unspecified atom stereocenters. The summed E-state index contributed by atoms with van der Waals surface area (Å²) in [6.45, 7) is 2.82. The molecular formula is C25H34ClN3O6S. The molecule has 198 valence electrons. The first-order valence-corrected chi connectivity index (χ1v) is 14.0. The van der Waals surface area contributed by atoms with Crippen LogP contribution in [0.25, 0.3) is 0 Å². The van der Waals surface area contributed by atoms with E-state index >= 15 is 0 Å². The quantitative estimate of drug-likeness (QED) is 0.330. The Balaban J connectivity index is 1.43. The number of halogens is 1. The Labute approximate surface area is 220 Å². The lowest BCUT2D eigenvalue weighted by Crippen LogP contribution is -2.65. The second-order valence-corrected chi connectivity index (χ2v) is 11.4. The molecule has 3 aliphatic rings. The fourth-order valence-corrected chi connectivity index (χ4v) is 6.40. The zero-order chi connectivity index (χ0) is 26.0. The lowest BCUT2D eigenvalue weighted by molar-refractivity contribution is -0.205. The largest absolute Gasteiger partial charge is 0.388 e.